The van der Waals surface area contributed by atoms with Crippen LogP contribution in [0.3, 0.4) is 0 Å². The van der Waals surface area contributed by atoms with Crippen molar-refractivity contribution < 1.29 is 14.6 Å². The van der Waals surface area contributed by atoms with Gasteiger partial charge in [-0.15, -0.1) is 0 Å². The molecule has 1 aliphatic heterocycles. The molecule has 1 rings (SSSR count). The summed E-state index contributed by atoms with van der Waals surface area (Å²) in [6.07, 6.45) is 0.375. The van der Waals surface area contributed by atoms with E-state index in [2.05, 4.69) is 4.90 Å². The van der Waals surface area contributed by atoms with Crippen molar-refractivity contribution in [3.05, 3.63) is 0 Å². The molecule has 0 spiro atoms. The van der Waals surface area contributed by atoms with E-state index in [1.807, 2.05) is 13.8 Å². The first-order chi connectivity index (χ1) is 7.58. The summed E-state index contributed by atoms with van der Waals surface area (Å²) in [5.41, 5.74) is 5.99. The smallest absolute Gasteiger partial charge is 0.0678 e. The number of nitrogens with zero attached hydrogens (tertiary/aromatic N) is 1. The van der Waals surface area contributed by atoms with E-state index in [0.29, 0.717) is 6.61 Å². The molecule has 1 heterocycles. The van der Waals surface area contributed by atoms with E-state index in [1.54, 1.807) is 7.11 Å². The Bertz CT molecular complexity index is 194. The first kappa shape index (κ1) is 13.9. The van der Waals surface area contributed by atoms with Crippen LogP contribution in [0.25, 0.3) is 0 Å². The second kappa shape index (κ2) is 6.51. The molecule has 4 unspecified atom stereocenters. The third-order valence-corrected chi connectivity index (χ3v) is 2.96. The maximum Gasteiger partial charge on any atom is 0.0678 e. The van der Waals surface area contributed by atoms with Gasteiger partial charge in [-0.2, -0.15) is 0 Å². The summed E-state index contributed by atoms with van der Waals surface area (Å²) in [6, 6.07) is -0.207. The van der Waals surface area contributed by atoms with Gasteiger partial charge >= 0.3 is 0 Å². The van der Waals surface area contributed by atoms with Crippen LogP contribution in [0.2, 0.25) is 0 Å². The van der Waals surface area contributed by atoms with E-state index in [-0.39, 0.29) is 30.9 Å². The fraction of sp³-hybridized carbons (Fsp3) is 1.00. The van der Waals surface area contributed by atoms with E-state index in [9.17, 15) is 5.11 Å². The van der Waals surface area contributed by atoms with Crippen molar-refractivity contribution >= 4 is 0 Å². The zero-order chi connectivity index (χ0) is 12.1. The molecule has 0 bridgehead atoms. The Morgan fingerprint density at radius 3 is 2.44 bits per heavy atom. The average molecular weight is 232 g/mol. The third kappa shape index (κ3) is 3.68. The lowest BCUT2D eigenvalue weighted by Gasteiger charge is -2.41. The molecule has 1 fully saturated rings. The largest absolute Gasteiger partial charge is 0.395 e. The van der Waals surface area contributed by atoms with Crippen LogP contribution < -0.4 is 5.73 Å². The lowest BCUT2D eigenvalue weighted by atomic mass is 10.1. The minimum absolute atomic E-state index is 0.0475. The molecule has 0 saturated carbocycles. The zero-order valence-corrected chi connectivity index (χ0v) is 10.4. The van der Waals surface area contributed by atoms with Crippen LogP contribution in [0.15, 0.2) is 0 Å². The van der Waals surface area contributed by atoms with Crippen molar-refractivity contribution in [1.82, 2.24) is 4.90 Å². The van der Waals surface area contributed by atoms with Gasteiger partial charge in [0, 0.05) is 26.2 Å². The lowest BCUT2D eigenvalue weighted by Crippen LogP contribution is -2.58. The number of methoxy groups -OCH3 is 1. The molecule has 0 amide bonds. The van der Waals surface area contributed by atoms with Gasteiger partial charge in [-0.3, -0.25) is 4.90 Å². The Morgan fingerprint density at radius 2 is 2.00 bits per heavy atom. The van der Waals surface area contributed by atoms with Gasteiger partial charge in [-0.25, -0.2) is 0 Å². The zero-order valence-electron chi connectivity index (χ0n) is 10.4. The standard InChI is InChI=1S/C11H24N2O3/c1-8-4-13(5-9(2)16-8)11(6-14)10(12)7-15-3/h8-11,14H,4-7,12H2,1-3H3. The summed E-state index contributed by atoms with van der Waals surface area (Å²) in [6.45, 7) is 6.23. The Balaban J connectivity index is 2.57. The Hall–Kier alpha value is -0.200. The van der Waals surface area contributed by atoms with Crippen LogP contribution in [0.4, 0.5) is 0 Å². The summed E-state index contributed by atoms with van der Waals surface area (Å²) in [4.78, 5) is 2.20. The number of aliphatic hydroxyl groups excluding tert-OH is 1. The molecule has 1 saturated heterocycles. The van der Waals surface area contributed by atoms with Gasteiger partial charge in [0.1, 0.15) is 0 Å². The number of hydrogen-bond donors (Lipinski definition) is 2. The molecule has 0 aromatic carbocycles. The van der Waals surface area contributed by atoms with Crippen molar-refractivity contribution in [2.75, 3.05) is 33.4 Å². The van der Waals surface area contributed by atoms with Crippen molar-refractivity contribution in [2.45, 2.75) is 38.1 Å². The molecule has 0 aromatic rings. The van der Waals surface area contributed by atoms with Crippen LogP contribution in [-0.2, 0) is 9.47 Å². The highest BCUT2D eigenvalue weighted by Gasteiger charge is 2.30. The molecule has 0 aromatic heterocycles. The van der Waals surface area contributed by atoms with E-state index >= 15 is 0 Å². The van der Waals surface area contributed by atoms with Crippen LogP contribution in [0.1, 0.15) is 13.8 Å². The van der Waals surface area contributed by atoms with Crippen LogP contribution in [0.5, 0.6) is 0 Å². The average Bonchev–Trinajstić information content (AvgIpc) is 2.17. The van der Waals surface area contributed by atoms with Crippen LogP contribution in [0, 0.1) is 0 Å². The SMILES string of the molecule is COCC(N)C(CO)N1CC(C)OC(C)C1. The fourth-order valence-corrected chi connectivity index (χ4v) is 2.31. The number of nitrogens with two attached hydrogens (primary N) is 1. The lowest BCUT2D eigenvalue weighted by molar-refractivity contribution is -0.0909. The van der Waals surface area contributed by atoms with Gasteiger partial charge in [-0.05, 0) is 13.8 Å². The van der Waals surface area contributed by atoms with Gasteiger partial charge in [0.05, 0.1) is 31.5 Å². The Labute approximate surface area is 97.5 Å². The number of rotatable bonds is 5. The fourth-order valence-electron chi connectivity index (χ4n) is 2.31. The highest BCUT2D eigenvalue weighted by molar-refractivity contribution is 4.86. The highest BCUT2D eigenvalue weighted by Crippen LogP contribution is 2.15. The van der Waals surface area contributed by atoms with E-state index in [0.717, 1.165) is 13.1 Å². The Morgan fingerprint density at radius 1 is 1.44 bits per heavy atom. The number of aliphatic hydroxyl groups is 1. The van der Waals surface area contributed by atoms with E-state index in [1.165, 1.54) is 0 Å². The molecule has 0 radical (unpaired) electrons. The maximum absolute atomic E-state index is 9.43. The summed E-state index contributed by atoms with van der Waals surface area (Å²) in [5.74, 6) is 0. The molecule has 5 nitrogen and oxygen atoms in total. The van der Waals surface area contributed by atoms with Crippen molar-refractivity contribution in [2.24, 2.45) is 5.73 Å². The molecular weight excluding hydrogens is 208 g/mol. The first-order valence-electron chi connectivity index (χ1n) is 5.83. The summed E-state index contributed by atoms with van der Waals surface area (Å²) >= 11 is 0. The molecule has 16 heavy (non-hydrogen) atoms. The van der Waals surface area contributed by atoms with Gasteiger partial charge in [0.25, 0.3) is 0 Å². The molecule has 4 atom stereocenters. The summed E-state index contributed by atoms with van der Waals surface area (Å²) < 4.78 is 10.7. The molecule has 0 aliphatic carbocycles. The third-order valence-electron chi connectivity index (χ3n) is 2.96. The van der Waals surface area contributed by atoms with E-state index in [4.69, 9.17) is 15.2 Å². The predicted molar refractivity (Wildman–Crippen MR) is 62.3 cm³/mol. The number of hydrogen-bond acceptors (Lipinski definition) is 5. The molecule has 1 aliphatic rings. The predicted octanol–water partition coefficient (Wildman–Crippen LogP) is -0.570. The minimum Gasteiger partial charge on any atom is -0.395 e. The first-order valence-corrected chi connectivity index (χ1v) is 5.83. The highest BCUT2D eigenvalue weighted by atomic mass is 16.5. The number of morpholine rings is 1. The topological polar surface area (TPSA) is 68.0 Å². The molecule has 5 heteroatoms. The van der Waals surface area contributed by atoms with Crippen LogP contribution >= 0.6 is 0 Å². The van der Waals surface area contributed by atoms with Gasteiger partial charge in [0.2, 0.25) is 0 Å². The summed E-state index contributed by atoms with van der Waals surface area (Å²) in [7, 11) is 1.62. The van der Waals surface area contributed by atoms with Gasteiger partial charge in [0.15, 0.2) is 0 Å². The normalized spacial score (nSPS) is 31.3. The van der Waals surface area contributed by atoms with Crippen LogP contribution in [-0.4, -0.2) is 67.7 Å². The molecular formula is C11H24N2O3. The van der Waals surface area contributed by atoms with E-state index < -0.39 is 0 Å². The van der Waals surface area contributed by atoms with Crippen molar-refractivity contribution in [1.29, 1.82) is 0 Å². The Kier molecular flexibility index (Phi) is 5.64. The number of ether oxygens (including phenoxy) is 2. The quantitative estimate of drug-likeness (QED) is 0.664. The summed E-state index contributed by atoms with van der Waals surface area (Å²) in [5, 5.41) is 9.43. The van der Waals surface area contributed by atoms with Crippen molar-refractivity contribution in [3.63, 3.8) is 0 Å². The second-order valence-corrected chi connectivity index (χ2v) is 4.58. The van der Waals surface area contributed by atoms with Gasteiger partial charge < -0.3 is 20.3 Å². The molecule has 3 N–H and O–H groups in total. The maximum atomic E-state index is 9.43. The monoisotopic (exact) mass is 232 g/mol. The molecule has 96 valence electrons. The second-order valence-electron chi connectivity index (χ2n) is 4.58. The van der Waals surface area contributed by atoms with Crippen molar-refractivity contribution in [3.8, 4) is 0 Å². The minimum atomic E-state index is -0.160. The van der Waals surface area contributed by atoms with Gasteiger partial charge in [-0.1, -0.05) is 0 Å².